The minimum absolute atomic E-state index is 0.0783. The molecule has 1 rings (SSSR count). The summed E-state index contributed by atoms with van der Waals surface area (Å²) in [7, 11) is 0. The first-order chi connectivity index (χ1) is 12.6. The lowest BCUT2D eigenvalue weighted by atomic mass is 9.95. The van der Waals surface area contributed by atoms with Crippen LogP contribution in [0.3, 0.4) is 0 Å². The van der Waals surface area contributed by atoms with Gasteiger partial charge in [0.25, 0.3) is 0 Å². The number of amides is 1. The van der Waals surface area contributed by atoms with Crippen LogP contribution < -0.4 is 16.4 Å². The number of unbranched alkanes of at least 4 members (excludes halogenated alkanes) is 1. The standard InChI is InChI=1S/C22H37N3O2/c1-16(2)20(26)18(13-9-10-14-23)24-21(27)19(25-22(3,4)5)15-17-11-7-6-8-12-17/h6-8,11-12,16,18-19,25H,9-10,13-15,23H2,1-5H3,(H,24,27). The number of benzene rings is 1. The van der Waals surface area contributed by atoms with Gasteiger partial charge in [0.15, 0.2) is 5.78 Å². The molecule has 0 aliphatic carbocycles. The Hall–Kier alpha value is -1.72. The SMILES string of the molecule is CC(C)C(=O)C(CCCCN)NC(=O)C(Cc1ccccc1)NC(C)(C)C. The molecule has 0 aromatic heterocycles. The Kier molecular flexibility index (Phi) is 9.67. The summed E-state index contributed by atoms with van der Waals surface area (Å²) in [4.78, 5) is 25.6. The van der Waals surface area contributed by atoms with Crippen LogP contribution in [-0.4, -0.2) is 35.9 Å². The molecule has 0 fully saturated rings. The zero-order valence-electron chi connectivity index (χ0n) is 17.5. The van der Waals surface area contributed by atoms with Crippen molar-refractivity contribution < 1.29 is 9.59 Å². The van der Waals surface area contributed by atoms with Crippen LogP contribution in [0.25, 0.3) is 0 Å². The monoisotopic (exact) mass is 375 g/mol. The van der Waals surface area contributed by atoms with Crippen LogP contribution in [0.2, 0.25) is 0 Å². The molecule has 0 saturated carbocycles. The van der Waals surface area contributed by atoms with Gasteiger partial charge in [0, 0.05) is 11.5 Å². The second kappa shape index (κ2) is 11.2. The fraction of sp³-hybridized carbons (Fsp3) is 0.636. The van der Waals surface area contributed by atoms with Gasteiger partial charge < -0.3 is 16.4 Å². The molecular formula is C22H37N3O2. The second-order valence-electron chi connectivity index (χ2n) is 8.54. The second-order valence-corrected chi connectivity index (χ2v) is 8.54. The van der Waals surface area contributed by atoms with E-state index in [9.17, 15) is 9.59 Å². The van der Waals surface area contributed by atoms with Gasteiger partial charge in [-0.3, -0.25) is 9.59 Å². The van der Waals surface area contributed by atoms with Gasteiger partial charge in [-0.2, -0.15) is 0 Å². The van der Waals surface area contributed by atoms with Gasteiger partial charge in [-0.15, -0.1) is 0 Å². The van der Waals surface area contributed by atoms with Crippen molar-refractivity contribution in [1.82, 2.24) is 10.6 Å². The summed E-state index contributed by atoms with van der Waals surface area (Å²) in [5.41, 5.74) is 6.45. The third kappa shape index (κ3) is 9.16. The van der Waals surface area contributed by atoms with Crippen molar-refractivity contribution >= 4 is 11.7 Å². The van der Waals surface area contributed by atoms with Gasteiger partial charge in [0.05, 0.1) is 12.1 Å². The molecule has 0 heterocycles. The van der Waals surface area contributed by atoms with Crippen LogP contribution in [0, 0.1) is 5.92 Å². The largest absolute Gasteiger partial charge is 0.345 e. The third-order valence-electron chi connectivity index (χ3n) is 4.38. The number of carbonyl (C=O) groups excluding carboxylic acids is 2. The maximum absolute atomic E-state index is 13.0. The fourth-order valence-corrected chi connectivity index (χ4v) is 3.03. The average molecular weight is 376 g/mol. The molecular weight excluding hydrogens is 338 g/mol. The van der Waals surface area contributed by atoms with Crippen LogP contribution in [0.1, 0.15) is 59.4 Å². The normalized spacial score (nSPS) is 14.0. The summed E-state index contributed by atoms with van der Waals surface area (Å²) in [6, 6.07) is 9.09. The number of nitrogens with two attached hydrogens (primary N) is 1. The van der Waals surface area contributed by atoms with E-state index in [-0.39, 0.29) is 23.1 Å². The van der Waals surface area contributed by atoms with Crippen molar-refractivity contribution in [3.8, 4) is 0 Å². The summed E-state index contributed by atoms with van der Waals surface area (Å²) in [5, 5.41) is 6.41. The number of nitrogens with one attached hydrogen (secondary N) is 2. The van der Waals surface area contributed by atoms with E-state index in [1.165, 1.54) is 0 Å². The molecule has 1 aromatic rings. The number of hydrogen-bond donors (Lipinski definition) is 3. The molecule has 5 heteroatoms. The van der Waals surface area contributed by atoms with Gasteiger partial charge in [-0.1, -0.05) is 44.2 Å². The summed E-state index contributed by atoms with van der Waals surface area (Å²) in [6.07, 6.45) is 2.89. The third-order valence-corrected chi connectivity index (χ3v) is 4.38. The molecule has 5 nitrogen and oxygen atoms in total. The van der Waals surface area contributed by atoms with E-state index in [4.69, 9.17) is 5.73 Å². The lowest BCUT2D eigenvalue weighted by Gasteiger charge is -2.30. The highest BCUT2D eigenvalue weighted by Gasteiger charge is 2.28. The highest BCUT2D eigenvalue weighted by atomic mass is 16.2. The minimum Gasteiger partial charge on any atom is -0.345 e. The number of hydrogen-bond acceptors (Lipinski definition) is 4. The molecule has 0 spiro atoms. The van der Waals surface area contributed by atoms with Crippen LogP contribution in [0.4, 0.5) is 0 Å². The first-order valence-electron chi connectivity index (χ1n) is 10.00. The number of carbonyl (C=O) groups is 2. The number of rotatable bonds is 11. The van der Waals surface area contributed by atoms with E-state index in [2.05, 4.69) is 10.6 Å². The van der Waals surface area contributed by atoms with Crippen LogP contribution >= 0.6 is 0 Å². The Morgan fingerprint density at radius 2 is 1.67 bits per heavy atom. The lowest BCUT2D eigenvalue weighted by Crippen LogP contribution is -2.55. The molecule has 0 bridgehead atoms. The Morgan fingerprint density at radius 1 is 1.04 bits per heavy atom. The van der Waals surface area contributed by atoms with E-state index < -0.39 is 12.1 Å². The van der Waals surface area contributed by atoms with Gasteiger partial charge in [0.2, 0.25) is 5.91 Å². The van der Waals surface area contributed by atoms with Gasteiger partial charge >= 0.3 is 0 Å². The first kappa shape index (κ1) is 23.3. The smallest absolute Gasteiger partial charge is 0.238 e. The van der Waals surface area contributed by atoms with E-state index in [1.54, 1.807) is 0 Å². The fourth-order valence-electron chi connectivity index (χ4n) is 3.03. The molecule has 0 aliphatic rings. The molecule has 2 unspecified atom stereocenters. The van der Waals surface area contributed by atoms with Crippen molar-refractivity contribution in [3.63, 3.8) is 0 Å². The molecule has 1 aromatic carbocycles. The Labute approximate surface area is 164 Å². The molecule has 4 N–H and O–H groups in total. The van der Waals surface area contributed by atoms with Gasteiger partial charge in [0.1, 0.15) is 0 Å². The molecule has 152 valence electrons. The van der Waals surface area contributed by atoms with E-state index in [0.29, 0.717) is 19.4 Å². The number of ketones is 1. The summed E-state index contributed by atoms with van der Waals surface area (Å²) in [5.74, 6) is -0.161. The van der Waals surface area contributed by atoms with Crippen molar-refractivity contribution in [2.45, 2.75) is 77.9 Å². The van der Waals surface area contributed by atoms with Gasteiger partial charge in [-0.05, 0) is 58.6 Å². The zero-order valence-corrected chi connectivity index (χ0v) is 17.5. The Bertz CT molecular complexity index is 579. The van der Waals surface area contributed by atoms with Crippen molar-refractivity contribution in [2.75, 3.05) is 6.54 Å². The molecule has 0 aliphatic heterocycles. The van der Waals surface area contributed by atoms with Crippen LogP contribution in [0.5, 0.6) is 0 Å². The van der Waals surface area contributed by atoms with Crippen LogP contribution in [0.15, 0.2) is 30.3 Å². The summed E-state index contributed by atoms with van der Waals surface area (Å²) in [6.45, 7) is 10.5. The predicted octanol–water partition coefficient (Wildman–Crippen LogP) is 2.82. The van der Waals surface area contributed by atoms with Crippen molar-refractivity contribution in [1.29, 1.82) is 0 Å². The molecule has 27 heavy (non-hydrogen) atoms. The Morgan fingerprint density at radius 3 is 2.19 bits per heavy atom. The van der Waals surface area contributed by atoms with Crippen LogP contribution in [-0.2, 0) is 16.0 Å². The summed E-state index contributed by atoms with van der Waals surface area (Å²) < 4.78 is 0. The molecule has 1 amide bonds. The predicted molar refractivity (Wildman–Crippen MR) is 112 cm³/mol. The van der Waals surface area contributed by atoms with Gasteiger partial charge in [-0.25, -0.2) is 0 Å². The molecule has 2 atom stereocenters. The maximum Gasteiger partial charge on any atom is 0.238 e. The van der Waals surface area contributed by atoms with Crippen molar-refractivity contribution in [2.24, 2.45) is 11.7 Å². The minimum atomic E-state index is -0.455. The highest BCUT2D eigenvalue weighted by Crippen LogP contribution is 2.11. The van der Waals surface area contributed by atoms with Crippen molar-refractivity contribution in [3.05, 3.63) is 35.9 Å². The Balaban J connectivity index is 2.90. The first-order valence-corrected chi connectivity index (χ1v) is 10.00. The average Bonchev–Trinajstić information content (AvgIpc) is 2.59. The lowest BCUT2D eigenvalue weighted by molar-refractivity contribution is -0.130. The quantitative estimate of drug-likeness (QED) is 0.519. The molecule has 0 radical (unpaired) electrons. The summed E-state index contributed by atoms with van der Waals surface area (Å²) >= 11 is 0. The van der Waals surface area contributed by atoms with E-state index in [0.717, 1.165) is 18.4 Å². The topological polar surface area (TPSA) is 84.2 Å². The van der Waals surface area contributed by atoms with E-state index >= 15 is 0 Å². The van der Waals surface area contributed by atoms with E-state index in [1.807, 2.05) is 65.0 Å². The number of Topliss-reactive ketones (excluding diaryl/α,β-unsaturated/α-hetero) is 1. The molecule has 0 saturated heterocycles. The zero-order chi connectivity index (χ0) is 20.4. The highest BCUT2D eigenvalue weighted by molar-refractivity contribution is 5.91. The maximum atomic E-state index is 13.0.